The molecular weight excluding hydrogens is 260 g/mol. The lowest BCUT2D eigenvalue weighted by molar-refractivity contribution is 0.103. The number of benzene rings is 1. The monoisotopic (exact) mass is 276 g/mol. The lowest BCUT2D eigenvalue weighted by Crippen LogP contribution is -2.07. The van der Waals surface area contributed by atoms with Crippen molar-refractivity contribution >= 4 is 17.1 Å². The van der Waals surface area contributed by atoms with Crippen LogP contribution in [0.15, 0.2) is 23.6 Å². The normalized spacial score (nSPS) is 12.2. The van der Waals surface area contributed by atoms with Gasteiger partial charge in [0.2, 0.25) is 5.78 Å². The van der Waals surface area contributed by atoms with Gasteiger partial charge in [-0.1, -0.05) is 0 Å². The predicted molar refractivity (Wildman–Crippen MR) is 75.9 cm³/mol. The molecule has 2 aromatic rings. The van der Waals surface area contributed by atoms with Gasteiger partial charge in [0.1, 0.15) is 16.5 Å². The van der Waals surface area contributed by atoms with E-state index in [1.807, 2.05) is 19.9 Å². The van der Waals surface area contributed by atoms with Gasteiger partial charge in [-0.2, -0.15) is 0 Å². The molecule has 0 bridgehead atoms. The van der Waals surface area contributed by atoms with Crippen molar-refractivity contribution in [2.75, 3.05) is 7.11 Å². The Bertz CT molecular complexity index is 605. The predicted octanol–water partition coefficient (Wildman–Crippen LogP) is 2.71. The third-order valence-electron chi connectivity index (χ3n) is 2.82. The van der Waals surface area contributed by atoms with Crippen molar-refractivity contribution in [3.05, 3.63) is 45.4 Å². The second-order valence-corrected chi connectivity index (χ2v) is 5.26. The molecule has 100 valence electrons. The van der Waals surface area contributed by atoms with Crippen molar-refractivity contribution in [3.8, 4) is 5.75 Å². The lowest BCUT2D eigenvalue weighted by Gasteiger charge is -2.06. The van der Waals surface area contributed by atoms with Gasteiger partial charge < -0.3 is 10.5 Å². The first-order valence-corrected chi connectivity index (χ1v) is 6.81. The van der Waals surface area contributed by atoms with Crippen molar-refractivity contribution in [1.82, 2.24) is 4.98 Å². The molecule has 4 nitrogen and oxygen atoms in total. The fourth-order valence-corrected chi connectivity index (χ4v) is 2.51. The summed E-state index contributed by atoms with van der Waals surface area (Å²) in [7, 11) is 1.60. The lowest BCUT2D eigenvalue weighted by atomic mass is 10.0. The highest BCUT2D eigenvalue weighted by Gasteiger charge is 2.16. The van der Waals surface area contributed by atoms with Crippen LogP contribution in [-0.4, -0.2) is 17.9 Å². The van der Waals surface area contributed by atoms with E-state index in [4.69, 9.17) is 10.5 Å². The second kappa shape index (κ2) is 5.50. The van der Waals surface area contributed by atoms with Gasteiger partial charge in [-0.15, -0.1) is 11.3 Å². The van der Waals surface area contributed by atoms with Gasteiger partial charge in [-0.3, -0.25) is 4.79 Å². The smallest absolute Gasteiger partial charge is 0.212 e. The van der Waals surface area contributed by atoms with Gasteiger partial charge in [0, 0.05) is 10.9 Å². The molecule has 2 rings (SSSR count). The molecular formula is C14H16N2O2S. The number of methoxy groups -OCH3 is 1. The number of ketones is 1. The Morgan fingerprint density at radius 3 is 2.74 bits per heavy atom. The summed E-state index contributed by atoms with van der Waals surface area (Å²) in [6.07, 6.45) is 0. The van der Waals surface area contributed by atoms with Crippen LogP contribution in [0.4, 0.5) is 0 Å². The standard InChI is InChI=1S/C14H16N2O2S/c1-8-6-10(18-3)4-5-11(8)13(17)12-7-19-14(16-12)9(2)15/h4-7,9H,15H2,1-3H3. The maximum absolute atomic E-state index is 12.4. The molecule has 2 N–H and O–H groups in total. The SMILES string of the molecule is COc1ccc(C(=O)c2csc(C(C)N)n2)c(C)c1. The number of aryl methyl sites for hydroxylation is 1. The summed E-state index contributed by atoms with van der Waals surface area (Å²) in [6, 6.07) is 5.23. The number of thiazole rings is 1. The second-order valence-electron chi connectivity index (χ2n) is 4.37. The largest absolute Gasteiger partial charge is 0.497 e. The van der Waals surface area contributed by atoms with Crippen LogP contribution in [0.5, 0.6) is 5.75 Å². The molecule has 0 saturated heterocycles. The molecule has 1 unspecified atom stereocenters. The van der Waals surface area contributed by atoms with Crippen LogP contribution in [0.25, 0.3) is 0 Å². The van der Waals surface area contributed by atoms with Crippen molar-refractivity contribution in [3.63, 3.8) is 0 Å². The molecule has 0 amide bonds. The van der Waals surface area contributed by atoms with Crippen molar-refractivity contribution < 1.29 is 9.53 Å². The Labute approximate surface area is 116 Å². The van der Waals surface area contributed by atoms with E-state index in [1.165, 1.54) is 11.3 Å². The minimum Gasteiger partial charge on any atom is -0.497 e. The molecule has 0 saturated carbocycles. The van der Waals surface area contributed by atoms with Gasteiger partial charge in [0.15, 0.2) is 0 Å². The van der Waals surface area contributed by atoms with Gasteiger partial charge in [-0.25, -0.2) is 4.98 Å². The molecule has 0 spiro atoms. The molecule has 5 heteroatoms. The molecule has 1 heterocycles. The maximum atomic E-state index is 12.4. The Kier molecular flexibility index (Phi) is 3.97. The number of rotatable bonds is 4. The number of hydrogen-bond donors (Lipinski definition) is 1. The van der Waals surface area contributed by atoms with E-state index < -0.39 is 0 Å². The summed E-state index contributed by atoms with van der Waals surface area (Å²) < 4.78 is 5.13. The van der Waals surface area contributed by atoms with Gasteiger partial charge in [0.25, 0.3) is 0 Å². The van der Waals surface area contributed by atoms with Crippen molar-refractivity contribution in [2.45, 2.75) is 19.9 Å². The summed E-state index contributed by atoms with van der Waals surface area (Å²) in [5, 5.41) is 2.53. The number of ether oxygens (including phenoxy) is 1. The summed E-state index contributed by atoms with van der Waals surface area (Å²) in [6.45, 7) is 3.74. The van der Waals surface area contributed by atoms with E-state index >= 15 is 0 Å². The third-order valence-corrected chi connectivity index (χ3v) is 3.87. The van der Waals surface area contributed by atoms with E-state index in [9.17, 15) is 4.79 Å². The van der Waals surface area contributed by atoms with Crippen LogP contribution in [0.2, 0.25) is 0 Å². The highest BCUT2D eigenvalue weighted by atomic mass is 32.1. The van der Waals surface area contributed by atoms with Gasteiger partial charge in [-0.05, 0) is 37.6 Å². The summed E-state index contributed by atoms with van der Waals surface area (Å²) >= 11 is 1.41. The quantitative estimate of drug-likeness (QED) is 0.872. The molecule has 0 aliphatic carbocycles. The third kappa shape index (κ3) is 2.83. The zero-order valence-corrected chi connectivity index (χ0v) is 12.0. The molecule has 1 aromatic heterocycles. The summed E-state index contributed by atoms with van der Waals surface area (Å²) in [5.41, 5.74) is 7.72. The Morgan fingerprint density at radius 2 is 2.21 bits per heavy atom. The average Bonchev–Trinajstić information content (AvgIpc) is 2.87. The maximum Gasteiger partial charge on any atom is 0.212 e. The first-order valence-electron chi connectivity index (χ1n) is 5.93. The van der Waals surface area contributed by atoms with Crippen molar-refractivity contribution in [1.29, 1.82) is 0 Å². The van der Waals surface area contributed by atoms with E-state index in [1.54, 1.807) is 24.6 Å². The van der Waals surface area contributed by atoms with Gasteiger partial charge >= 0.3 is 0 Å². The number of aromatic nitrogens is 1. The number of carbonyl (C=O) groups excluding carboxylic acids is 1. The molecule has 1 atom stereocenters. The molecule has 0 aliphatic rings. The molecule has 19 heavy (non-hydrogen) atoms. The highest BCUT2D eigenvalue weighted by Crippen LogP contribution is 2.22. The van der Waals surface area contributed by atoms with E-state index in [2.05, 4.69) is 4.98 Å². The number of carbonyl (C=O) groups is 1. The number of nitrogens with two attached hydrogens (primary N) is 1. The minimum atomic E-state index is -0.150. The van der Waals surface area contributed by atoms with E-state index in [0.29, 0.717) is 11.3 Å². The highest BCUT2D eigenvalue weighted by molar-refractivity contribution is 7.09. The topological polar surface area (TPSA) is 65.2 Å². The van der Waals surface area contributed by atoms with Crippen LogP contribution in [0.1, 0.15) is 39.6 Å². The van der Waals surface area contributed by atoms with Crippen LogP contribution in [0.3, 0.4) is 0 Å². The van der Waals surface area contributed by atoms with E-state index in [-0.39, 0.29) is 11.8 Å². The van der Waals surface area contributed by atoms with Gasteiger partial charge in [0.05, 0.1) is 13.2 Å². The zero-order valence-electron chi connectivity index (χ0n) is 11.1. The molecule has 0 fully saturated rings. The van der Waals surface area contributed by atoms with E-state index in [0.717, 1.165) is 16.3 Å². The molecule has 0 aliphatic heterocycles. The van der Waals surface area contributed by atoms with Crippen LogP contribution in [-0.2, 0) is 0 Å². The summed E-state index contributed by atoms with van der Waals surface area (Å²) in [5.74, 6) is 0.659. The van der Waals surface area contributed by atoms with Crippen LogP contribution in [0, 0.1) is 6.92 Å². The van der Waals surface area contributed by atoms with Crippen molar-refractivity contribution in [2.24, 2.45) is 5.73 Å². The fourth-order valence-electron chi connectivity index (χ4n) is 1.76. The van der Waals surface area contributed by atoms with Crippen LogP contribution >= 0.6 is 11.3 Å². The Hall–Kier alpha value is -1.72. The summed E-state index contributed by atoms with van der Waals surface area (Å²) in [4.78, 5) is 16.6. The average molecular weight is 276 g/mol. The zero-order chi connectivity index (χ0) is 14.0. The Balaban J connectivity index is 2.33. The number of nitrogens with zero attached hydrogens (tertiary/aromatic N) is 1. The molecule has 0 radical (unpaired) electrons. The number of hydrogen-bond acceptors (Lipinski definition) is 5. The van der Waals surface area contributed by atoms with Crippen LogP contribution < -0.4 is 10.5 Å². The fraction of sp³-hybridized carbons (Fsp3) is 0.286. The molecule has 1 aromatic carbocycles. The Morgan fingerprint density at radius 1 is 1.47 bits per heavy atom. The first kappa shape index (κ1) is 13.7. The minimum absolute atomic E-state index is 0.0803. The first-order chi connectivity index (χ1) is 9.02.